The van der Waals surface area contributed by atoms with Crippen molar-refractivity contribution in [2.45, 2.75) is 19.1 Å². The highest BCUT2D eigenvalue weighted by Crippen LogP contribution is 2.39. The largest absolute Gasteiger partial charge is 0.417 e. The van der Waals surface area contributed by atoms with Crippen molar-refractivity contribution in [2.75, 3.05) is 20.1 Å². The van der Waals surface area contributed by atoms with Gasteiger partial charge in [-0.3, -0.25) is 4.79 Å². The number of aromatic nitrogens is 1. The molecule has 8 heteroatoms. The fourth-order valence-electron chi connectivity index (χ4n) is 2.96. The molecule has 0 aliphatic carbocycles. The number of nitrogens with zero attached hydrogens (tertiary/aromatic N) is 2. The lowest BCUT2D eigenvalue weighted by Gasteiger charge is -2.25. The van der Waals surface area contributed by atoms with Crippen LogP contribution in [0, 0.1) is 0 Å². The van der Waals surface area contributed by atoms with Crippen molar-refractivity contribution < 1.29 is 18.0 Å². The molecule has 0 fully saturated rings. The number of carbonyl (C=O) groups excluding carboxylic acids is 1. The first-order chi connectivity index (χ1) is 12.4. The lowest BCUT2D eigenvalue weighted by molar-refractivity contribution is -0.138. The van der Waals surface area contributed by atoms with Gasteiger partial charge in [0.15, 0.2) is 0 Å². The minimum absolute atomic E-state index is 0.0541. The fourth-order valence-corrected chi connectivity index (χ4v) is 3.49. The van der Waals surface area contributed by atoms with Gasteiger partial charge in [-0.15, -0.1) is 11.3 Å². The molecule has 1 N–H and O–H groups in total. The van der Waals surface area contributed by atoms with E-state index < -0.39 is 17.6 Å². The van der Waals surface area contributed by atoms with E-state index in [-0.39, 0.29) is 23.4 Å². The van der Waals surface area contributed by atoms with Crippen LogP contribution in [0.25, 0.3) is 5.57 Å². The number of likely N-dealkylation sites (N-methyl/N-ethyl adjacent to an activating group) is 1. The summed E-state index contributed by atoms with van der Waals surface area (Å²) >= 11 is 1.26. The molecule has 0 saturated heterocycles. The number of rotatable bonds is 4. The van der Waals surface area contributed by atoms with Crippen LogP contribution >= 0.6 is 11.3 Å². The van der Waals surface area contributed by atoms with E-state index in [4.69, 9.17) is 0 Å². The van der Waals surface area contributed by atoms with Crippen molar-refractivity contribution >= 4 is 22.8 Å². The Morgan fingerprint density at radius 3 is 2.81 bits per heavy atom. The van der Waals surface area contributed by atoms with Crippen LogP contribution in [0.5, 0.6) is 0 Å². The summed E-state index contributed by atoms with van der Waals surface area (Å²) in [7, 11) is 1.93. The van der Waals surface area contributed by atoms with Crippen molar-refractivity contribution in [3.8, 4) is 0 Å². The highest BCUT2D eigenvalue weighted by atomic mass is 32.1. The number of hydrogen-bond donors (Lipinski definition) is 1. The van der Waals surface area contributed by atoms with Crippen LogP contribution in [0.15, 0.2) is 35.2 Å². The summed E-state index contributed by atoms with van der Waals surface area (Å²) < 4.78 is 41.3. The molecule has 1 aliphatic rings. The van der Waals surface area contributed by atoms with Crippen LogP contribution in [0.2, 0.25) is 0 Å². The Morgan fingerprint density at radius 1 is 1.38 bits per heavy atom. The van der Waals surface area contributed by atoms with Gasteiger partial charge in [-0.05, 0) is 30.2 Å². The Kier molecular flexibility index (Phi) is 5.43. The van der Waals surface area contributed by atoms with Gasteiger partial charge >= 0.3 is 6.18 Å². The zero-order valence-corrected chi connectivity index (χ0v) is 15.0. The topological polar surface area (TPSA) is 45.2 Å². The normalized spacial score (nSPS) is 15.6. The van der Waals surface area contributed by atoms with Crippen molar-refractivity contribution in [2.24, 2.45) is 0 Å². The summed E-state index contributed by atoms with van der Waals surface area (Å²) in [4.78, 5) is 17.9. The maximum absolute atomic E-state index is 13.8. The maximum atomic E-state index is 13.8. The molecule has 0 bridgehead atoms. The molecule has 138 valence electrons. The molecule has 1 aromatic carbocycles. The molecule has 0 spiro atoms. The summed E-state index contributed by atoms with van der Waals surface area (Å²) in [6.45, 7) is 1.14. The quantitative estimate of drug-likeness (QED) is 0.876. The first kappa shape index (κ1) is 18.6. The molecule has 4 nitrogen and oxygen atoms in total. The number of hydrogen-bond acceptors (Lipinski definition) is 4. The van der Waals surface area contributed by atoms with Crippen LogP contribution in [0.3, 0.4) is 0 Å². The Bertz CT molecular complexity index is 816. The highest BCUT2D eigenvalue weighted by Gasteiger charge is 2.37. The number of benzene rings is 1. The zero-order valence-electron chi connectivity index (χ0n) is 14.1. The number of halogens is 3. The van der Waals surface area contributed by atoms with Crippen LogP contribution < -0.4 is 5.32 Å². The van der Waals surface area contributed by atoms with E-state index in [1.165, 1.54) is 29.0 Å². The molecule has 0 atom stereocenters. The van der Waals surface area contributed by atoms with E-state index in [0.717, 1.165) is 0 Å². The summed E-state index contributed by atoms with van der Waals surface area (Å²) in [5, 5.41) is 4.08. The maximum Gasteiger partial charge on any atom is 0.417 e. The minimum atomic E-state index is -4.50. The van der Waals surface area contributed by atoms with E-state index in [0.29, 0.717) is 25.1 Å². The Labute approximate surface area is 153 Å². The Hall–Kier alpha value is -2.19. The lowest BCUT2D eigenvalue weighted by Crippen LogP contribution is -2.26. The van der Waals surface area contributed by atoms with Gasteiger partial charge in [-0.1, -0.05) is 24.3 Å². The number of nitrogens with one attached hydrogen (secondary N) is 1. The second-order valence-corrected chi connectivity index (χ2v) is 6.85. The predicted molar refractivity (Wildman–Crippen MR) is 94.8 cm³/mol. The van der Waals surface area contributed by atoms with Gasteiger partial charge in [0.2, 0.25) is 0 Å². The Balaban J connectivity index is 1.90. The molecule has 1 aromatic heterocycles. The summed E-state index contributed by atoms with van der Waals surface area (Å²) in [6.07, 6.45) is -2.10. The van der Waals surface area contributed by atoms with E-state index in [9.17, 15) is 18.0 Å². The molecular weight excluding hydrogens is 363 g/mol. The van der Waals surface area contributed by atoms with Gasteiger partial charge in [0.25, 0.3) is 5.91 Å². The second kappa shape index (κ2) is 7.59. The number of alkyl halides is 3. The van der Waals surface area contributed by atoms with Crippen LogP contribution in [0.1, 0.15) is 33.6 Å². The van der Waals surface area contributed by atoms with Crippen LogP contribution in [-0.4, -0.2) is 35.9 Å². The average Bonchev–Trinajstić information content (AvgIpc) is 3.14. The SMILES string of the molecule is CN1CC=C(c2cccc(CNC(=O)c3cscn3)c2C(F)(F)F)CC1. The van der Waals surface area contributed by atoms with Gasteiger partial charge in [0, 0.05) is 25.0 Å². The highest BCUT2D eigenvalue weighted by molar-refractivity contribution is 7.07. The van der Waals surface area contributed by atoms with E-state index >= 15 is 0 Å². The summed E-state index contributed by atoms with van der Waals surface area (Å²) in [5.74, 6) is -0.483. The third-order valence-corrected chi connectivity index (χ3v) is 4.88. The summed E-state index contributed by atoms with van der Waals surface area (Å²) in [5.41, 5.74) is 1.99. The molecule has 26 heavy (non-hydrogen) atoms. The van der Waals surface area contributed by atoms with Gasteiger partial charge in [0.05, 0.1) is 11.1 Å². The molecule has 2 heterocycles. The number of carbonyl (C=O) groups is 1. The number of thiazole rings is 1. The van der Waals surface area contributed by atoms with Crippen molar-refractivity contribution in [1.82, 2.24) is 15.2 Å². The van der Waals surface area contributed by atoms with Gasteiger partial charge in [0.1, 0.15) is 5.69 Å². The van der Waals surface area contributed by atoms with Gasteiger partial charge in [-0.25, -0.2) is 4.98 Å². The van der Waals surface area contributed by atoms with Gasteiger partial charge < -0.3 is 10.2 Å². The molecule has 1 aliphatic heterocycles. The van der Waals surface area contributed by atoms with E-state index in [1.54, 1.807) is 11.4 Å². The molecule has 1 amide bonds. The lowest BCUT2D eigenvalue weighted by atomic mass is 9.91. The molecule has 2 aromatic rings. The van der Waals surface area contributed by atoms with E-state index in [2.05, 4.69) is 15.2 Å². The first-order valence-corrected chi connectivity index (χ1v) is 9.04. The third kappa shape index (κ3) is 4.13. The van der Waals surface area contributed by atoms with Gasteiger partial charge in [-0.2, -0.15) is 13.2 Å². The molecule has 0 saturated carbocycles. The number of amides is 1. The molecule has 3 rings (SSSR count). The predicted octanol–water partition coefficient (Wildman–Crippen LogP) is 3.81. The molecule has 0 radical (unpaired) electrons. The van der Waals surface area contributed by atoms with Crippen LogP contribution in [0.4, 0.5) is 13.2 Å². The molecule has 0 unspecified atom stereocenters. The average molecular weight is 381 g/mol. The third-order valence-electron chi connectivity index (χ3n) is 4.30. The van der Waals surface area contributed by atoms with Crippen molar-refractivity contribution in [3.63, 3.8) is 0 Å². The smallest absolute Gasteiger partial charge is 0.347 e. The van der Waals surface area contributed by atoms with E-state index in [1.807, 2.05) is 13.1 Å². The standard InChI is InChI=1S/C18H18F3N3OS/c1-24-7-5-12(6-8-24)14-4-2-3-13(16(14)18(19,20)21)9-22-17(25)15-10-26-11-23-15/h2-5,10-11H,6-9H2,1H3,(H,22,25). The zero-order chi connectivity index (χ0) is 18.7. The summed E-state index contributed by atoms with van der Waals surface area (Å²) in [6, 6.07) is 4.52. The minimum Gasteiger partial charge on any atom is -0.347 e. The van der Waals surface area contributed by atoms with Crippen LogP contribution in [-0.2, 0) is 12.7 Å². The molecular formula is C18H18F3N3OS. The fraction of sp³-hybridized carbons (Fsp3) is 0.333. The monoisotopic (exact) mass is 381 g/mol. The first-order valence-electron chi connectivity index (χ1n) is 8.09. The Morgan fingerprint density at radius 2 is 2.19 bits per heavy atom. The van der Waals surface area contributed by atoms with Crippen molar-refractivity contribution in [3.05, 3.63) is 57.6 Å². The van der Waals surface area contributed by atoms with Crippen molar-refractivity contribution in [1.29, 1.82) is 0 Å². The second-order valence-electron chi connectivity index (χ2n) is 6.14.